The predicted molar refractivity (Wildman–Crippen MR) is 85.8 cm³/mol. The van der Waals surface area contributed by atoms with Crippen LogP contribution in [0.2, 0.25) is 0 Å². The van der Waals surface area contributed by atoms with Crippen LogP contribution >= 0.6 is 0 Å². The molecule has 3 amide bonds. The summed E-state index contributed by atoms with van der Waals surface area (Å²) in [6.45, 7) is 5.87. The molecule has 1 aromatic carbocycles. The standard InChI is InChI=1S/C16H23N3O3/c1-5-10-17-16(21)18-15(20)11-19(3)12(2)13-8-6-7-9-14(13)22-4/h5-9,12H,1,10-11H2,2-4H3,(H2,17,18,20,21). The normalized spacial score (nSPS) is 11.6. The number of carbonyl (C=O) groups excluding carboxylic acids is 2. The van der Waals surface area contributed by atoms with Gasteiger partial charge in [0.05, 0.1) is 13.7 Å². The third-order valence-electron chi connectivity index (χ3n) is 3.30. The maximum absolute atomic E-state index is 11.8. The molecule has 6 nitrogen and oxygen atoms in total. The number of para-hydroxylation sites is 1. The average Bonchev–Trinajstić information content (AvgIpc) is 2.51. The van der Waals surface area contributed by atoms with E-state index in [0.717, 1.165) is 11.3 Å². The Morgan fingerprint density at radius 1 is 1.41 bits per heavy atom. The van der Waals surface area contributed by atoms with Crippen LogP contribution in [0.4, 0.5) is 4.79 Å². The molecule has 0 spiro atoms. The Balaban J connectivity index is 2.60. The number of amides is 3. The van der Waals surface area contributed by atoms with E-state index >= 15 is 0 Å². The Morgan fingerprint density at radius 2 is 2.09 bits per heavy atom. The van der Waals surface area contributed by atoms with Gasteiger partial charge in [0.25, 0.3) is 0 Å². The fraction of sp³-hybridized carbons (Fsp3) is 0.375. The zero-order valence-electron chi connectivity index (χ0n) is 13.3. The van der Waals surface area contributed by atoms with Gasteiger partial charge < -0.3 is 10.1 Å². The second-order valence-corrected chi connectivity index (χ2v) is 4.88. The van der Waals surface area contributed by atoms with E-state index < -0.39 is 6.03 Å². The number of rotatable bonds is 7. The number of carbonyl (C=O) groups is 2. The van der Waals surface area contributed by atoms with Crippen molar-refractivity contribution >= 4 is 11.9 Å². The summed E-state index contributed by atoms with van der Waals surface area (Å²) in [5, 5.41) is 4.76. The summed E-state index contributed by atoms with van der Waals surface area (Å²) < 4.78 is 5.33. The van der Waals surface area contributed by atoms with E-state index in [4.69, 9.17) is 4.74 Å². The summed E-state index contributed by atoms with van der Waals surface area (Å²) in [5.74, 6) is 0.400. The molecule has 22 heavy (non-hydrogen) atoms. The number of hydrogen-bond donors (Lipinski definition) is 2. The first-order valence-electron chi connectivity index (χ1n) is 7.01. The second-order valence-electron chi connectivity index (χ2n) is 4.88. The molecular formula is C16H23N3O3. The third kappa shape index (κ3) is 5.21. The number of methoxy groups -OCH3 is 1. The molecule has 0 radical (unpaired) electrons. The molecule has 1 unspecified atom stereocenters. The first-order valence-corrected chi connectivity index (χ1v) is 7.01. The van der Waals surface area contributed by atoms with Crippen LogP contribution in [0.1, 0.15) is 18.5 Å². The minimum atomic E-state index is -0.525. The Kier molecular flexibility index (Phi) is 7.12. The fourth-order valence-electron chi connectivity index (χ4n) is 1.99. The molecule has 2 N–H and O–H groups in total. The van der Waals surface area contributed by atoms with E-state index in [2.05, 4.69) is 17.2 Å². The van der Waals surface area contributed by atoms with Gasteiger partial charge in [-0.25, -0.2) is 4.79 Å². The van der Waals surface area contributed by atoms with E-state index in [9.17, 15) is 9.59 Å². The van der Waals surface area contributed by atoms with Crippen molar-refractivity contribution in [2.45, 2.75) is 13.0 Å². The van der Waals surface area contributed by atoms with Crippen molar-refractivity contribution in [1.29, 1.82) is 0 Å². The average molecular weight is 305 g/mol. The molecule has 0 aliphatic heterocycles. The molecule has 0 saturated heterocycles. The van der Waals surface area contributed by atoms with Crippen LogP contribution in [0.5, 0.6) is 5.75 Å². The maximum Gasteiger partial charge on any atom is 0.321 e. The van der Waals surface area contributed by atoms with E-state index in [-0.39, 0.29) is 18.5 Å². The van der Waals surface area contributed by atoms with E-state index in [1.165, 1.54) is 0 Å². The molecule has 0 aliphatic rings. The van der Waals surface area contributed by atoms with Crippen molar-refractivity contribution in [2.75, 3.05) is 27.2 Å². The Morgan fingerprint density at radius 3 is 2.73 bits per heavy atom. The highest BCUT2D eigenvalue weighted by atomic mass is 16.5. The van der Waals surface area contributed by atoms with Crippen LogP contribution in [-0.2, 0) is 4.79 Å². The number of nitrogens with zero attached hydrogens (tertiary/aromatic N) is 1. The number of benzene rings is 1. The highest BCUT2D eigenvalue weighted by molar-refractivity contribution is 5.95. The fourth-order valence-corrected chi connectivity index (χ4v) is 1.99. The first kappa shape index (κ1) is 17.7. The lowest BCUT2D eigenvalue weighted by Gasteiger charge is -2.25. The topological polar surface area (TPSA) is 70.7 Å². The van der Waals surface area contributed by atoms with Gasteiger partial charge in [0, 0.05) is 18.2 Å². The summed E-state index contributed by atoms with van der Waals surface area (Å²) in [6, 6.07) is 7.09. The van der Waals surface area contributed by atoms with Gasteiger partial charge in [-0.1, -0.05) is 24.3 Å². The van der Waals surface area contributed by atoms with Gasteiger partial charge in [-0.2, -0.15) is 0 Å². The number of likely N-dealkylation sites (N-methyl/N-ethyl adjacent to an activating group) is 1. The molecule has 0 bridgehead atoms. The molecular weight excluding hydrogens is 282 g/mol. The van der Waals surface area contributed by atoms with Crippen molar-refractivity contribution in [3.05, 3.63) is 42.5 Å². The highest BCUT2D eigenvalue weighted by Crippen LogP contribution is 2.27. The lowest BCUT2D eigenvalue weighted by atomic mass is 10.1. The molecule has 0 heterocycles. The van der Waals surface area contributed by atoms with E-state index in [0.29, 0.717) is 6.54 Å². The summed E-state index contributed by atoms with van der Waals surface area (Å²) in [6.07, 6.45) is 1.54. The largest absolute Gasteiger partial charge is 0.496 e. The number of urea groups is 1. The Hall–Kier alpha value is -2.34. The van der Waals surface area contributed by atoms with Crippen molar-refractivity contribution in [3.8, 4) is 5.75 Å². The summed E-state index contributed by atoms with van der Waals surface area (Å²) in [7, 11) is 3.43. The van der Waals surface area contributed by atoms with Gasteiger partial charge in [0.2, 0.25) is 5.91 Å². The molecule has 120 valence electrons. The van der Waals surface area contributed by atoms with Crippen LogP contribution in [0.15, 0.2) is 36.9 Å². The van der Waals surface area contributed by atoms with Crippen molar-refractivity contribution in [3.63, 3.8) is 0 Å². The van der Waals surface area contributed by atoms with Crippen molar-refractivity contribution in [2.24, 2.45) is 0 Å². The number of hydrogen-bond acceptors (Lipinski definition) is 4. The third-order valence-corrected chi connectivity index (χ3v) is 3.30. The highest BCUT2D eigenvalue weighted by Gasteiger charge is 2.18. The molecule has 6 heteroatoms. The number of imide groups is 1. The van der Waals surface area contributed by atoms with Crippen LogP contribution in [0.25, 0.3) is 0 Å². The zero-order valence-corrected chi connectivity index (χ0v) is 13.3. The SMILES string of the molecule is C=CCNC(=O)NC(=O)CN(C)C(C)c1ccccc1OC. The zero-order chi connectivity index (χ0) is 16.5. The molecule has 0 aromatic heterocycles. The molecule has 0 saturated carbocycles. The molecule has 1 rings (SSSR count). The van der Waals surface area contributed by atoms with Gasteiger partial charge in [-0.15, -0.1) is 6.58 Å². The lowest BCUT2D eigenvalue weighted by Crippen LogP contribution is -2.44. The molecule has 1 atom stereocenters. The second kappa shape index (κ2) is 8.84. The van der Waals surface area contributed by atoms with Gasteiger partial charge in [0.1, 0.15) is 5.75 Å². The van der Waals surface area contributed by atoms with E-state index in [1.54, 1.807) is 13.2 Å². The number of ether oxygens (including phenoxy) is 1. The van der Waals surface area contributed by atoms with Gasteiger partial charge in [-0.3, -0.25) is 15.0 Å². The summed E-state index contributed by atoms with van der Waals surface area (Å²) in [4.78, 5) is 25.1. The maximum atomic E-state index is 11.8. The van der Waals surface area contributed by atoms with Gasteiger partial charge in [0.15, 0.2) is 0 Å². The number of nitrogens with one attached hydrogen (secondary N) is 2. The smallest absolute Gasteiger partial charge is 0.321 e. The minimum Gasteiger partial charge on any atom is -0.496 e. The minimum absolute atomic E-state index is 0.0295. The first-order chi connectivity index (χ1) is 10.5. The van der Waals surface area contributed by atoms with Crippen LogP contribution in [-0.4, -0.2) is 44.1 Å². The van der Waals surface area contributed by atoms with Gasteiger partial charge in [-0.05, 0) is 20.0 Å². The molecule has 0 fully saturated rings. The van der Waals surface area contributed by atoms with Gasteiger partial charge >= 0.3 is 6.03 Å². The Bertz CT molecular complexity index is 531. The van der Waals surface area contributed by atoms with E-state index in [1.807, 2.05) is 43.1 Å². The predicted octanol–water partition coefficient (Wildman–Crippen LogP) is 1.70. The summed E-state index contributed by atoms with van der Waals surface area (Å²) in [5.41, 5.74) is 0.983. The van der Waals surface area contributed by atoms with Crippen LogP contribution < -0.4 is 15.4 Å². The monoisotopic (exact) mass is 305 g/mol. The van der Waals surface area contributed by atoms with Crippen molar-refractivity contribution in [1.82, 2.24) is 15.5 Å². The Labute approximate surface area is 131 Å². The van der Waals surface area contributed by atoms with Crippen LogP contribution in [0.3, 0.4) is 0 Å². The lowest BCUT2D eigenvalue weighted by molar-refractivity contribution is -0.121. The van der Waals surface area contributed by atoms with Crippen molar-refractivity contribution < 1.29 is 14.3 Å². The van der Waals surface area contributed by atoms with Crippen LogP contribution in [0, 0.1) is 0 Å². The molecule has 1 aromatic rings. The summed E-state index contributed by atoms with van der Waals surface area (Å²) >= 11 is 0. The molecule has 0 aliphatic carbocycles. The quantitative estimate of drug-likeness (QED) is 0.752.